The SMILES string of the molecule is Cc1cc(NCCCCN(C)C)nc(NC(=O)Nc2cccc(C(F)(F)F)c2)n1. The quantitative estimate of drug-likeness (QED) is 0.568. The largest absolute Gasteiger partial charge is 0.416 e. The maximum atomic E-state index is 12.8. The lowest BCUT2D eigenvalue weighted by molar-refractivity contribution is -0.137. The number of aryl methyl sites for hydroxylation is 1. The van der Waals surface area contributed by atoms with E-state index in [0.717, 1.165) is 38.1 Å². The minimum atomic E-state index is -4.49. The van der Waals surface area contributed by atoms with Gasteiger partial charge in [-0.05, 0) is 58.6 Å². The van der Waals surface area contributed by atoms with E-state index >= 15 is 0 Å². The molecule has 1 aromatic carbocycles. The van der Waals surface area contributed by atoms with Crippen molar-refractivity contribution in [3.8, 4) is 0 Å². The predicted molar refractivity (Wildman–Crippen MR) is 107 cm³/mol. The second kappa shape index (κ2) is 10.1. The van der Waals surface area contributed by atoms with E-state index in [0.29, 0.717) is 11.5 Å². The first kappa shape index (κ1) is 22.4. The van der Waals surface area contributed by atoms with Crippen LogP contribution in [-0.2, 0) is 6.18 Å². The highest BCUT2D eigenvalue weighted by atomic mass is 19.4. The fraction of sp³-hybridized carbons (Fsp3) is 0.421. The molecule has 2 amide bonds. The van der Waals surface area contributed by atoms with E-state index < -0.39 is 17.8 Å². The van der Waals surface area contributed by atoms with Gasteiger partial charge in [0.1, 0.15) is 5.82 Å². The van der Waals surface area contributed by atoms with Crippen LogP contribution in [0.5, 0.6) is 0 Å². The zero-order valence-corrected chi connectivity index (χ0v) is 16.6. The number of anilines is 3. The Hall–Kier alpha value is -2.88. The van der Waals surface area contributed by atoms with Gasteiger partial charge in [-0.3, -0.25) is 5.32 Å². The summed E-state index contributed by atoms with van der Waals surface area (Å²) in [6.45, 7) is 3.47. The van der Waals surface area contributed by atoms with Crippen LogP contribution in [0.1, 0.15) is 24.1 Å². The summed E-state index contributed by atoms with van der Waals surface area (Å²) in [6.07, 6.45) is -2.49. The third kappa shape index (κ3) is 7.94. The van der Waals surface area contributed by atoms with Gasteiger partial charge in [0, 0.05) is 24.0 Å². The molecule has 0 unspecified atom stereocenters. The Bertz CT molecular complexity index is 826. The molecule has 0 fully saturated rings. The van der Waals surface area contributed by atoms with Gasteiger partial charge in [0.2, 0.25) is 5.95 Å². The number of nitrogens with one attached hydrogen (secondary N) is 3. The molecule has 0 saturated carbocycles. The van der Waals surface area contributed by atoms with Crippen molar-refractivity contribution in [3.63, 3.8) is 0 Å². The number of hydrogen-bond donors (Lipinski definition) is 3. The number of halogens is 3. The molecule has 1 aromatic heterocycles. The molecule has 0 atom stereocenters. The second-order valence-corrected chi connectivity index (χ2v) is 6.81. The van der Waals surface area contributed by atoms with E-state index in [9.17, 15) is 18.0 Å². The lowest BCUT2D eigenvalue weighted by Crippen LogP contribution is -2.22. The second-order valence-electron chi connectivity index (χ2n) is 6.81. The molecular weight excluding hydrogens is 385 g/mol. The number of urea groups is 1. The van der Waals surface area contributed by atoms with E-state index in [-0.39, 0.29) is 11.6 Å². The minimum absolute atomic E-state index is 0.0178. The maximum Gasteiger partial charge on any atom is 0.416 e. The van der Waals surface area contributed by atoms with Crippen molar-refractivity contribution in [1.82, 2.24) is 14.9 Å². The average molecular weight is 410 g/mol. The normalized spacial score (nSPS) is 11.4. The molecule has 0 bridgehead atoms. The van der Waals surface area contributed by atoms with Crippen molar-refractivity contribution in [2.45, 2.75) is 25.9 Å². The number of carbonyl (C=O) groups excluding carboxylic acids is 1. The van der Waals surface area contributed by atoms with Crippen molar-refractivity contribution in [3.05, 3.63) is 41.6 Å². The number of alkyl halides is 3. The van der Waals surface area contributed by atoms with Crippen LogP contribution in [0.3, 0.4) is 0 Å². The first-order valence-electron chi connectivity index (χ1n) is 9.13. The van der Waals surface area contributed by atoms with E-state index in [1.54, 1.807) is 13.0 Å². The van der Waals surface area contributed by atoms with Crippen molar-refractivity contribution >= 4 is 23.5 Å². The molecular formula is C19H25F3N6O. The molecule has 7 nitrogen and oxygen atoms in total. The summed E-state index contributed by atoms with van der Waals surface area (Å²) in [6, 6.07) is 5.40. The molecule has 3 N–H and O–H groups in total. The van der Waals surface area contributed by atoms with Crippen LogP contribution in [0.4, 0.5) is 35.4 Å². The van der Waals surface area contributed by atoms with Gasteiger partial charge in [-0.2, -0.15) is 18.2 Å². The number of unbranched alkanes of at least 4 members (excludes halogenated alkanes) is 1. The van der Waals surface area contributed by atoms with Crippen molar-refractivity contribution < 1.29 is 18.0 Å². The fourth-order valence-corrected chi connectivity index (χ4v) is 2.52. The van der Waals surface area contributed by atoms with Crippen LogP contribution < -0.4 is 16.0 Å². The average Bonchev–Trinajstić information content (AvgIpc) is 2.60. The Labute approximate surface area is 167 Å². The topological polar surface area (TPSA) is 82.2 Å². The number of amides is 2. The van der Waals surface area contributed by atoms with Crippen LogP contribution in [0.15, 0.2) is 30.3 Å². The molecule has 29 heavy (non-hydrogen) atoms. The van der Waals surface area contributed by atoms with Crippen LogP contribution in [0.2, 0.25) is 0 Å². The molecule has 158 valence electrons. The van der Waals surface area contributed by atoms with E-state index in [1.807, 2.05) is 14.1 Å². The molecule has 1 heterocycles. The van der Waals surface area contributed by atoms with Crippen molar-refractivity contribution in [2.24, 2.45) is 0 Å². The standard InChI is InChI=1S/C19H25F3N6O/c1-13-11-16(23-9-4-5-10-28(2)3)26-17(24-13)27-18(29)25-15-8-6-7-14(12-15)19(20,21)22/h6-8,11-12H,4-5,9-10H2,1-3H3,(H3,23,24,25,26,27,29). The first-order chi connectivity index (χ1) is 13.6. The number of rotatable bonds is 8. The summed E-state index contributed by atoms with van der Waals surface area (Å²) in [5, 5.41) is 7.98. The zero-order valence-electron chi connectivity index (χ0n) is 16.6. The first-order valence-corrected chi connectivity index (χ1v) is 9.13. The molecule has 0 aliphatic carbocycles. The Morgan fingerprint density at radius 3 is 2.55 bits per heavy atom. The Kier molecular flexibility index (Phi) is 7.77. The highest BCUT2D eigenvalue weighted by Gasteiger charge is 2.30. The summed E-state index contributed by atoms with van der Waals surface area (Å²) in [5.74, 6) is 0.627. The third-order valence-corrected chi connectivity index (χ3v) is 3.87. The Balaban J connectivity index is 1.94. The summed E-state index contributed by atoms with van der Waals surface area (Å²) in [5.41, 5.74) is -0.183. The van der Waals surface area contributed by atoms with E-state index in [2.05, 4.69) is 30.8 Å². The van der Waals surface area contributed by atoms with Gasteiger partial charge in [0.15, 0.2) is 0 Å². The monoisotopic (exact) mass is 410 g/mol. The number of hydrogen-bond acceptors (Lipinski definition) is 5. The van der Waals surface area contributed by atoms with Gasteiger partial charge in [-0.25, -0.2) is 9.78 Å². The van der Waals surface area contributed by atoms with E-state index in [1.165, 1.54) is 12.1 Å². The lowest BCUT2D eigenvalue weighted by Gasteiger charge is -2.12. The summed E-state index contributed by atoms with van der Waals surface area (Å²) in [4.78, 5) is 22.6. The van der Waals surface area contributed by atoms with Gasteiger partial charge in [0.25, 0.3) is 0 Å². The highest BCUT2D eigenvalue weighted by Crippen LogP contribution is 2.30. The Morgan fingerprint density at radius 2 is 1.86 bits per heavy atom. The number of aromatic nitrogens is 2. The smallest absolute Gasteiger partial charge is 0.370 e. The van der Waals surface area contributed by atoms with Crippen LogP contribution >= 0.6 is 0 Å². The van der Waals surface area contributed by atoms with Crippen LogP contribution in [-0.4, -0.2) is 48.1 Å². The van der Waals surface area contributed by atoms with Crippen LogP contribution in [0.25, 0.3) is 0 Å². The van der Waals surface area contributed by atoms with Gasteiger partial charge in [-0.15, -0.1) is 0 Å². The number of carbonyl (C=O) groups is 1. The van der Waals surface area contributed by atoms with Gasteiger partial charge >= 0.3 is 12.2 Å². The predicted octanol–water partition coefficient (Wildman–Crippen LogP) is 4.20. The van der Waals surface area contributed by atoms with Crippen LogP contribution in [0, 0.1) is 6.92 Å². The molecule has 0 aliphatic heterocycles. The molecule has 10 heteroatoms. The molecule has 0 aliphatic rings. The van der Waals surface area contributed by atoms with Crippen molar-refractivity contribution in [1.29, 1.82) is 0 Å². The number of nitrogens with zero attached hydrogens (tertiary/aromatic N) is 3. The Morgan fingerprint density at radius 1 is 1.10 bits per heavy atom. The summed E-state index contributed by atoms with van der Waals surface area (Å²) in [7, 11) is 4.03. The summed E-state index contributed by atoms with van der Waals surface area (Å²) >= 11 is 0. The molecule has 0 radical (unpaired) electrons. The van der Waals surface area contributed by atoms with Gasteiger partial charge in [-0.1, -0.05) is 6.07 Å². The molecule has 2 aromatic rings. The highest BCUT2D eigenvalue weighted by molar-refractivity contribution is 5.98. The van der Waals surface area contributed by atoms with E-state index in [4.69, 9.17) is 0 Å². The zero-order chi connectivity index (χ0) is 21.4. The lowest BCUT2D eigenvalue weighted by atomic mass is 10.2. The molecule has 0 spiro atoms. The summed E-state index contributed by atoms with van der Waals surface area (Å²) < 4.78 is 38.3. The van der Waals surface area contributed by atoms with Crippen molar-refractivity contribution in [2.75, 3.05) is 43.1 Å². The minimum Gasteiger partial charge on any atom is -0.370 e. The molecule has 2 rings (SSSR count). The third-order valence-electron chi connectivity index (χ3n) is 3.87. The van der Waals surface area contributed by atoms with Gasteiger partial charge < -0.3 is 15.5 Å². The van der Waals surface area contributed by atoms with Gasteiger partial charge in [0.05, 0.1) is 5.56 Å². The molecule has 0 saturated heterocycles. The number of benzene rings is 1. The maximum absolute atomic E-state index is 12.8. The fourth-order valence-electron chi connectivity index (χ4n) is 2.52.